The fourth-order valence-corrected chi connectivity index (χ4v) is 5.92. The van der Waals surface area contributed by atoms with Crippen molar-refractivity contribution in [2.24, 2.45) is 11.8 Å². The minimum atomic E-state index is -1.44. The summed E-state index contributed by atoms with van der Waals surface area (Å²) < 4.78 is 6.89. The third-order valence-electron chi connectivity index (χ3n) is 7.63. The Hall–Kier alpha value is -4.27. The Balaban J connectivity index is 1.52. The maximum absolute atomic E-state index is 14.0. The van der Waals surface area contributed by atoms with E-state index >= 15 is 0 Å². The second-order valence-corrected chi connectivity index (χ2v) is 10.3. The molecule has 0 unspecified atom stereocenters. The number of para-hydroxylation sites is 1. The Morgan fingerprint density at radius 1 is 0.923 bits per heavy atom. The number of ether oxygens (including phenoxy) is 1. The first-order chi connectivity index (χ1) is 18.8. The molecule has 0 bridgehead atoms. The monoisotopic (exact) mass is 540 g/mol. The molecule has 1 aromatic heterocycles. The summed E-state index contributed by atoms with van der Waals surface area (Å²) in [5.41, 5.74) is 1.99. The number of carbonyl (C=O) groups excluding carboxylic acids is 3. The van der Waals surface area contributed by atoms with Gasteiger partial charge in [-0.3, -0.25) is 19.7 Å². The van der Waals surface area contributed by atoms with Gasteiger partial charge in [0, 0.05) is 28.4 Å². The van der Waals surface area contributed by atoms with Crippen molar-refractivity contribution in [2.45, 2.75) is 18.5 Å². The van der Waals surface area contributed by atoms with Gasteiger partial charge >= 0.3 is 5.97 Å². The molecular weight excluding hydrogens is 516 g/mol. The van der Waals surface area contributed by atoms with Crippen molar-refractivity contribution >= 4 is 35.1 Å². The summed E-state index contributed by atoms with van der Waals surface area (Å²) in [6.07, 6.45) is 1.86. The molecule has 0 saturated carbocycles. The summed E-state index contributed by atoms with van der Waals surface area (Å²) in [5.74, 6) is -3.33. The Bertz CT molecular complexity index is 1570. The molecule has 196 valence electrons. The lowest BCUT2D eigenvalue weighted by atomic mass is 9.80. The van der Waals surface area contributed by atoms with Crippen molar-refractivity contribution in [2.75, 3.05) is 12.0 Å². The van der Waals surface area contributed by atoms with E-state index in [1.165, 1.54) is 7.11 Å². The van der Waals surface area contributed by atoms with E-state index in [2.05, 4.69) is 5.32 Å². The van der Waals surface area contributed by atoms with E-state index in [1.54, 1.807) is 35.9 Å². The molecule has 4 aromatic rings. The Kier molecular flexibility index (Phi) is 6.09. The van der Waals surface area contributed by atoms with E-state index < -0.39 is 41.2 Å². The zero-order valence-electron chi connectivity index (χ0n) is 21.2. The summed E-state index contributed by atoms with van der Waals surface area (Å²) in [6.45, 7) is 1.62. The minimum absolute atomic E-state index is 0.399. The zero-order chi connectivity index (χ0) is 27.3. The first-order valence-electron chi connectivity index (χ1n) is 12.5. The van der Waals surface area contributed by atoms with E-state index in [9.17, 15) is 14.4 Å². The predicted molar refractivity (Wildman–Crippen MR) is 146 cm³/mol. The van der Waals surface area contributed by atoms with Crippen LogP contribution in [-0.4, -0.2) is 40.2 Å². The number of carbonyl (C=O) groups is 3. The highest BCUT2D eigenvalue weighted by Gasteiger charge is 2.67. The van der Waals surface area contributed by atoms with Crippen LogP contribution in [0.15, 0.2) is 91.1 Å². The summed E-state index contributed by atoms with van der Waals surface area (Å²) in [5, 5.41) is 8.71. The van der Waals surface area contributed by atoms with Gasteiger partial charge in [0.15, 0.2) is 0 Å². The molecule has 6 rings (SSSR count). The summed E-state index contributed by atoms with van der Waals surface area (Å²) in [6, 6.07) is 25.0. The van der Waals surface area contributed by atoms with Crippen LogP contribution in [0, 0.1) is 11.8 Å². The van der Waals surface area contributed by atoms with Crippen molar-refractivity contribution in [3.05, 3.63) is 102 Å². The van der Waals surface area contributed by atoms with Crippen LogP contribution in [0.1, 0.15) is 18.5 Å². The topological polar surface area (TPSA) is 93.5 Å². The summed E-state index contributed by atoms with van der Waals surface area (Å²) >= 11 is 6.06. The number of esters is 1. The largest absolute Gasteiger partial charge is 0.468 e. The second-order valence-electron chi connectivity index (χ2n) is 9.89. The summed E-state index contributed by atoms with van der Waals surface area (Å²) in [7, 11) is 1.28. The van der Waals surface area contributed by atoms with Gasteiger partial charge in [0.25, 0.3) is 0 Å². The van der Waals surface area contributed by atoms with Gasteiger partial charge in [0.1, 0.15) is 5.54 Å². The molecule has 2 saturated heterocycles. The molecular formula is C30H25ClN4O4. The lowest BCUT2D eigenvalue weighted by Gasteiger charge is -2.28. The molecule has 0 spiro atoms. The standard InChI is InChI=1S/C30H25ClN4O4/c1-30(29(38)39-2)24-23(27(36)35(28(24)37)21-15-13-19(31)14-16-21)26(32-30)22-17-34(20-11-7-4-8-12-20)33-25(22)18-9-5-3-6-10-18/h3-17,23-24,26,32H,1-2H3/t23-,24-,26-,30-/m1/s1. The van der Waals surface area contributed by atoms with Gasteiger partial charge in [-0.05, 0) is 43.3 Å². The SMILES string of the molecule is COC(=O)[C@]1(C)N[C@H](c2cn(-c3ccccc3)nc2-c2ccccc2)[C@@H]2C(=O)N(c3ccc(Cl)cc3)C(=O)[C@@H]21. The van der Waals surface area contributed by atoms with Crippen LogP contribution in [0.4, 0.5) is 5.69 Å². The molecule has 3 heterocycles. The van der Waals surface area contributed by atoms with E-state index in [4.69, 9.17) is 21.4 Å². The van der Waals surface area contributed by atoms with Crippen LogP contribution in [0.5, 0.6) is 0 Å². The molecule has 2 aliphatic heterocycles. The molecule has 4 atom stereocenters. The molecule has 2 amide bonds. The fraction of sp³-hybridized carbons (Fsp3) is 0.200. The molecule has 39 heavy (non-hydrogen) atoms. The number of halogens is 1. The van der Waals surface area contributed by atoms with Crippen LogP contribution in [0.3, 0.4) is 0 Å². The highest BCUT2D eigenvalue weighted by Crippen LogP contribution is 2.51. The van der Waals surface area contributed by atoms with E-state index in [1.807, 2.05) is 66.9 Å². The fourth-order valence-electron chi connectivity index (χ4n) is 5.80. The van der Waals surface area contributed by atoms with Crippen molar-refractivity contribution in [1.82, 2.24) is 15.1 Å². The number of imide groups is 1. The Labute approximate surface area is 230 Å². The van der Waals surface area contributed by atoms with Gasteiger partial charge in [-0.25, -0.2) is 9.58 Å². The highest BCUT2D eigenvalue weighted by atomic mass is 35.5. The van der Waals surface area contributed by atoms with Crippen LogP contribution in [0.25, 0.3) is 16.9 Å². The van der Waals surface area contributed by atoms with Crippen LogP contribution < -0.4 is 10.2 Å². The normalized spacial score (nSPS) is 24.2. The Morgan fingerprint density at radius 2 is 1.56 bits per heavy atom. The number of methoxy groups -OCH3 is 1. The number of hydrogen-bond donors (Lipinski definition) is 1. The predicted octanol–water partition coefficient (Wildman–Crippen LogP) is 4.57. The number of nitrogens with one attached hydrogen (secondary N) is 1. The number of fused-ring (bicyclic) bond motifs is 1. The molecule has 8 nitrogen and oxygen atoms in total. The quantitative estimate of drug-likeness (QED) is 0.294. The zero-order valence-corrected chi connectivity index (χ0v) is 22.0. The first kappa shape index (κ1) is 25.0. The number of hydrogen-bond acceptors (Lipinski definition) is 6. The van der Waals surface area contributed by atoms with Crippen molar-refractivity contribution in [1.29, 1.82) is 0 Å². The van der Waals surface area contributed by atoms with Gasteiger partial charge in [-0.1, -0.05) is 60.1 Å². The number of benzene rings is 3. The molecule has 1 N–H and O–H groups in total. The average molecular weight is 541 g/mol. The third-order valence-corrected chi connectivity index (χ3v) is 7.88. The number of nitrogens with zero attached hydrogens (tertiary/aromatic N) is 3. The van der Waals surface area contributed by atoms with E-state index in [0.29, 0.717) is 22.0 Å². The van der Waals surface area contributed by atoms with Gasteiger partial charge in [0.05, 0.1) is 36.0 Å². The summed E-state index contributed by atoms with van der Waals surface area (Å²) in [4.78, 5) is 42.3. The van der Waals surface area contributed by atoms with E-state index in [-0.39, 0.29) is 0 Å². The number of amides is 2. The van der Waals surface area contributed by atoms with Crippen LogP contribution in [-0.2, 0) is 19.1 Å². The Morgan fingerprint density at radius 3 is 2.21 bits per heavy atom. The molecule has 0 radical (unpaired) electrons. The maximum atomic E-state index is 14.0. The van der Waals surface area contributed by atoms with Gasteiger partial charge < -0.3 is 4.74 Å². The van der Waals surface area contributed by atoms with Crippen molar-refractivity contribution in [3.8, 4) is 16.9 Å². The smallest absolute Gasteiger partial charge is 0.326 e. The average Bonchev–Trinajstić information content (AvgIpc) is 3.62. The molecule has 9 heteroatoms. The van der Waals surface area contributed by atoms with Crippen LogP contribution in [0.2, 0.25) is 5.02 Å². The van der Waals surface area contributed by atoms with Crippen LogP contribution >= 0.6 is 11.6 Å². The third kappa shape index (κ3) is 3.95. The molecule has 0 aliphatic carbocycles. The number of rotatable bonds is 5. The molecule has 2 aliphatic rings. The molecule has 3 aromatic carbocycles. The number of anilines is 1. The highest BCUT2D eigenvalue weighted by molar-refractivity contribution is 6.31. The second kappa shape index (κ2) is 9.48. The van der Waals surface area contributed by atoms with Crippen molar-refractivity contribution in [3.63, 3.8) is 0 Å². The first-order valence-corrected chi connectivity index (χ1v) is 12.9. The van der Waals surface area contributed by atoms with Crippen molar-refractivity contribution < 1.29 is 19.1 Å². The maximum Gasteiger partial charge on any atom is 0.326 e. The van der Waals surface area contributed by atoms with Gasteiger partial charge in [-0.15, -0.1) is 0 Å². The minimum Gasteiger partial charge on any atom is -0.468 e. The van der Waals surface area contributed by atoms with Gasteiger partial charge in [0.2, 0.25) is 11.8 Å². The lowest BCUT2D eigenvalue weighted by molar-refractivity contribution is -0.151. The van der Waals surface area contributed by atoms with E-state index in [0.717, 1.165) is 16.2 Å². The van der Waals surface area contributed by atoms with Gasteiger partial charge in [-0.2, -0.15) is 5.10 Å². The number of aromatic nitrogens is 2. The molecule has 2 fully saturated rings. The lowest BCUT2D eigenvalue weighted by Crippen LogP contribution is -2.54.